The summed E-state index contributed by atoms with van der Waals surface area (Å²) in [6, 6.07) is 9.15. The molecule has 0 saturated carbocycles. The number of para-hydroxylation sites is 1. The Bertz CT molecular complexity index is 945. The molecule has 25 heavy (non-hydrogen) atoms. The third-order valence-electron chi connectivity index (χ3n) is 3.42. The van der Waals surface area contributed by atoms with Gasteiger partial charge in [-0.1, -0.05) is 12.1 Å². The van der Waals surface area contributed by atoms with E-state index in [1.807, 2.05) is 24.3 Å². The molecule has 0 radical (unpaired) electrons. The SMILES string of the molecule is O=C(NCCc1nc2ccccc2s1)c1ccc(C(F)(F)F)[nH]c1=O. The van der Waals surface area contributed by atoms with Crippen LogP contribution in [0.2, 0.25) is 0 Å². The lowest BCUT2D eigenvalue weighted by atomic mass is 10.2. The molecule has 1 aromatic carbocycles. The lowest BCUT2D eigenvalue weighted by molar-refractivity contribution is -0.141. The largest absolute Gasteiger partial charge is 0.431 e. The van der Waals surface area contributed by atoms with Crippen molar-refractivity contribution < 1.29 is 18.0 Å². The Morgan fingerprint density at radius 3 is 2.64 bits per heavy atom. The van der Waals surface area contributed by atoms with Gasteiger partial charge in [-0.3, -0.25) is 9.59 Å². The molecule has 2 N–H and O–H groups in total. The highest BCUT2D eigenvalue weighted by Crippen LogP contribution is 2.26. The second-order valence-corrected chi connectivity index (χ2v) is 6.31. The van der Waals surface area contributed by atoms with Crippen LogP contribution in [0, 0.1) is 0 Å². The molecule has 0 fully saturated rings. The van der Waals surface area contributed by atoms with Gasteiger partial charge in [0.2, 0.25) is 0 Å². The first-order valence-corrected chi connectivity index (χ1v) is 8.09. The maximum atomic E-state index is 12.5. The molecule has 3 aromatic rings. The van der Waals surface area contributed by atoms with Gasteiger partial charge in [-0.05, 0) is 24.3 Å². The Kier molecular flexibility index (Phi) is 4.58. The molecule has 0 unspecified atom stereocenters. The van der Waals surface area contributed by atoms with Gasteiger partial charge < -0.3 is 10.3 Å². The maximum absolute atomic E-state index is 12.5. The number of aromatic nitrogens is 2. The summed E-state index contributed by atoms with van der Waals surface area (Å²) in [6.45, 7) is 0.221. The number of rotatable bonds is 4. The zero-order valence-electron chi connectivity index (χ0n) is 12.7. The summed E-state index contributed by atoms with van der Waals surface area (Å²) in [5.41, 5.74) is -1.76. The number of nitrogens with zero attached hydrogens (tertiary/aromatic N) is 1. The van der Waals surface area contributed by atoms with Crippen molar-refractivity contribution in [2.75, 3.05) is 6.54 Å². The van der Waals surface area contributed by atoms with Crippen LogP contribution in [0.4, 0.5) is 13.2 Å². The van der Waals surface area contributed by atoms with Crippen molar-refractivity contribution in [3.63, 3.8) is 0 Å². The maximum Gasteiger partial charge on any atom is 0.431 e. The minimum absolute atomic E-state index is 0.221. The second kappa shape index (κ2) is 6.67. The third kappa shape index (κ3) is 3.87. The molecule has 130 valence electrons. The molecular formula is C16H12F3N3O2S. The van der Waals surface area contributed by atoms with E-state index < -0.39 is 23.3 Å². The predicted molar refractivity (Wildman–Crippen MR) is 87.7 cm³/mol. The first-order valence-electron chi connectivity index (χ1n) is 7.28. The minimum Gasteiger partial charge on any atom is -0.351 e. The number of carbonyl (C=O) groups excluding carboxylic acids is 1. The number of carbonyl (C=O) groups is 1. The van der Waals surface area contributed by atoms with E-state index in [0.717, 1.165) is 21.3 Å². The van der Waals surface area contributed by atoms with Gasteiger partial charge in [0.1, 0.15) is 11.3 Å². The van der Waals surface area contributed by atoms with Gasteiger partial charge in [-0.25, -0.2) is 4.98 Å². The van der Waals surface area contributed by atoms with Crippen molar-refractivity contribution in [2.24, 2.45) is 0 Å². The van der Waals surface area contributed by atoms with Gasteiger partial charge in [0.25, 0.3) is 11.5 Å². The van der Waals surface area contributed by atoms with Gasteiger partial charge in [0.15, 0.2) is 0 Å². The molecule has 9 heteroatoms. The molecule has 2 aromatic heterocycles. The van der Waals surface area contributed by atoms with Crippen molar-refractivity contribution >= 4 is 27.5 Å². The van der Waals surface area contributed by atoms with Crippen molar-refractivity contribution in [1.29, 1.82) is 0 Å². The molecule has 5 nitrogen and oxygen atoms in total. The van der Waals surface area contributed by atoms with Crippen LogP contribution < -0.4 is 10.9 Å². The first-order chi connectivity index (χ1) is 11.8. The summed E-state index contributed by atoms with van der Waals surface area (Å²) in [5, 5.41) is 3.34. The molecule has 0 aliphatic heterocycles. The molecular weight excluding hydrogens is 355 g/mol. The Labute approximate surface area is 143 Å². The number of amides is 1. The summed E-state index contributed by atoms with van der Waals surface area (Å²) in [6.07, 6.45) is -4.20. The van der Waals surface area contributed by atoms with E-state index in [-0.39, 0.29) is 12.1 Å². The van der Waals surface area contributed by atoms with Crippen LogP contribution in [0.3, 0.4) is 0 Å². The number of benzene rings is 1. The van der Waals surface area contributed by atoms with Gasteiger partial charge in [0, 0.05) is 13.0 Å². The second-order valence-electron chi connectivity index (χ2n) is 5.19. The molecule has 0 spiro atoms. The zero-order valence-corrected chi connectivity index (χ0v) is 13.5. The van der Waals surface area contributed by atoms with Crippen LogP contribution >= 0.6 is 11.3 Å². The van der Waals surface area contributed by atoms with Gasteiger partial charge in [0.05, 0.1) is 15.2 Å². The molecule has 0 aliphatic carbocycles. The molecule has 2 heterocycles. The summed E-state index contributed by atoms with van der Waals surface area (Å²) < 4.78 is 38.5. The standard InChI is InChI=1S/C16H12F3N3O2S/c17-16(18,19)12-6-5-9(15(24)22-12)14(23)20-8-7-13-21-10-3-1-2-4-11(10)25-13/h1-6H,7-8H2,(H,20,23)(H,22,24). The lowest BCUT2D eigenvalue weighted by Gasteiger charge is -2.07. The number of nitrogens with one attached hydrogen (secondary N) is 2. The Balaban J connectivity index is 1.63. The van der Waals surface area contributed by atoms with Crippen LogP contribution in [0.1, 0.15) is 21.1 Å². The van der Waals surface area contributed by atoms with Crippen LogP contribution in [0.25, 0.3) is 10.2 Å². The molecule has 1 amide bonds. The number of H-pyrrole nitrogens is 1. The van der Waals surface area contributed by atoms with E-state index in [4.69, 9.17) is 0 Å². The molecule has 0 saturated heterocycles. The number of alkyl halides is 3. The predicted octanol–water partition coefficient (Wildman–Crippen LogP) is 2.98. The summed E-state index contributed by atoms with van der Waals surface area (Å²) >= 11 is 1.50. The Hall–Kier alpha value is -2.68. The van der Waals surface area contributed by atoms with Crippen molar-refractivity contribution in [1.82, 2.24) is 15.3 Å². The minimum atomic E-state index is -4.67. The van der Waals surface area contributed by atoms with Crippen LogP contribution in [-0.4, -0.2) is 22.4 Å². The fourth-order valence-electron chi connectivity index (χ4n) is 2.22. The summed E-state index contributed by atoms with van der Waals surface area (Å²) in [5.74, 6) is -0.726. The number of halogens is 3. The number of fused-ring (bicyclic) bond motifs is 1. The topological polar surface area (TPSA) is 74.8 Å². The highest BCUT2D eigenvalue weighted by Gasteiger charge is 2.32. The molecule has 0 atom stereocenters. The van der Waals surface area contributed by atoms with Crippen molar-refractivity contribution in [2.45, 2.75) is 12.6 Å². The summed E-state index contributed by atoms with van der Waals surface area (Å²) in [7, 11) is 0. The highest BCUT2D eigenvalue weighted by molar-refractivity contribution is 7.18. The number of hydrogen-bond donors (Lipinski definition) is 2. The van der Waals surface area contributed by atoms with E-state index >= 15 is 0 Å². The number of thiazole rings is 1. The first kappa shape index (κ1) is 17.2. The van der Waals surface area contributed by atoms with Gasteiger partial charge in [-0.15, -0.1) is 11.3 Å². The summed E-state index contributed by atoms with van der Waals surface area (Å²) in [4.78, 5) is 29.7. The van der Waals surface area contributed by atoms with Gasteiger partial charge >= 0.3 is 6.18 Å². The Morgan fingerprint density at radius 1 is 1.20 bits per heavy atom. The van der Waals surface area contributed by atoms with E-state index in [0.29, 0.717) is 12.5 Å². The highest BCUT2D eigenvalue weighted by atomic mass is 32.1. The van der Waals surface area contributed by atoms with Crippen LogP contribution in [0.15, 0.2) is 41.2 Å². The van der Waals surface area contributed by atoms with E-state index in [1.165, 1.54) is 11.3 Å². The number of pyridine rings is 1. The average Bonchev–Trinajstić information content (AvgIpc) is 2.96. The fraction of sp³-hybridized carbons (Fsp3) is 0.188. The molecule has 0 aliphatic rings. The van der Waals surface area contributed by atoms with E-state index in [9.17, 15) is 22.8 Å². The van der Waals surface area contributed by atoms with Crippen LogP contribution in [0.5, 0.6) is 0 Å². The van der Waals surface area contributed by atoms with Crippen molar-refractivity contribution in [3.05, 3.63) is 63.0 Å². The Morgan fingerprint density at radius 2 is 1.96 bits per heavy atom. The smallest absolute Gasteiger partial charge is 0.351 e. The lowest BCUT2D eigenvalue weighted by Crippen LogP contribution is -2.32. The monoisotopic (exact) mass is 367 g/mol. The molecule has 3 rings (SSSR count). The van der Waals surface area contributed by atoms with E-state index in [2.05, 4.69) is 10.3 Å². The number of aromatic amines is 1. The van der Waals surface area contributed by atoms with Crippen molar-refractivity contribution in [3.8, 4) is 0 Å². The fourth-order valence-corrected chi connectivity index (χ4v) is 3.19. The van der Waals surface area contributed by atoms with E-state index in [1.54, 1.807) is 4.98 Å². The zero-order chi connectivity index (χ0) is 18.0. The third-order valence-corrected chi connectivity index (χ3v) is 4.52. The van der Waals surface area contributed by atoms with Crippen LogP contribution in [-0.2, 0) is 12.6 Å². The number of hydrogen-bond acceptors (Lipinski definition) is 4. The normalized spacial score (nSPS) is 11.6. The molecule has 0 bridgehead atoms. The average molecular weight is 367 g/mol. The quantitative estimate of drug-likeness (QED) is 0.744. The van der Waals surface area contributed by atoms with Gasteiger partial charge in [-0.2, -0.15) is 13.2 Å².